The van der Waals surface area contributed by atoms with E-state index in [1.54, 1.807) is 19.2 Å². The Kier molecular flexibility index (Phi) is 6.51. The molecule has 1 aliphatic rings. The predicted octanol–water partition coefficient (Wildman–Crippen LogP) is 3.00. The molecule has 3 atom stereocenters. The summed E-state index contributed by atoms with van der Waals surface area (Å²) in [7, 11) is -0.224. The molecule has 3 unspecified atom stereocenters. The average molecular weight is 403 g/mol. The zero-order chi connectivity index (χ0) is 20.1. The highest BCUT2D eigenvalue weighted by molar-refractivity contribution is 7.90. The molecule has 0 radical (unpaired) electrons. The number of likely N-dealkylation sites (N-methyl/N-ethyl adjacent to an activating group) is 1. The fourth-order valence-corrected chi connectivity index (χ4v) is 4.87. The van der Waals surface area contributed by atoms with Crippen molar-refractivity contribution in [1.82, 2.24) is 9.79 Å². The van der Waals surface area contributed by atoms with Crippen molar-refractivity contribution in [2.75, 3.05) is 20.8 Å². The summed E-state index contributed by atoms with van der Waals surface area (Å²) in [6, 6.07) is 16.4. The molecule has 28 heavy (non-hydrogen) atoms. The van der Waals surface area contributed by atoms with Crippen LogP contribution in [0.3, 0.4) is 0 Å². The third-order valence-corrected chi connectivity index (χ3v) is 6.78. The first-order valence-electron chi connectivity index (χ1n) is 9.15. The van der Waals surface area contributed by atoms with Crippen LogP contribution < -0.4 is 9.46 Å². The zero-order valence-corrected chi connectivity index (χ0v) is 17.1. The third-order valence-electron chi connectivity index (χ3n) is 4.88. The SMILES string of the molecule is COc1ccc(/C=C/C2C(S(=O)(=O)NC(C)c3ccccc3)CON2C)cc1. The molecule has 1 N–H and O–H groups in total. The predicted molar refractivity (Wildman–Crippen MR) is 110 cm³/mol. The lowest BCUT2D eigenvalue weighted by atomic mass is 10.1. The summed E-state index contributed by atoms with van der Waals surface area (Å²) in [5.41, 5.74) is 1.88. The van der Waals surface area contributed by atoms with Gasteiger partial charge in [0.05, 0.1) is 19.8 Å². The summed E-state index contributed by atoms with van der Waals surface area (Å²) in [4.78, 5) is 5.52. The van der Waals surface area contributed by atoms with Crippen LogP contribution in [0.25, 0.3) is 6.08 Å². The highest BCUT2D eigenvalue weighted by atomic mass is 32.2. The van der Waals surface area contributed by atoms with Crippen LogP contribution in [0.5, 0.6) is 5.75 Å². The molecule has 150 valence electrons. The van der Waals surface area contributed by atoms with Crippen molar-refractivity contribution in [2.24, 2.45) is 0 Å². The van der Waals surface area contributed by atoms with Crippen molar-refractivity contribution in [1.29, 1.82) is 0 Å². The molecule has 0 spiro atoms. The molecule has 1 fully saturated rings. The van der Waals surface area contributed by atoms with E-state index in [-0.39, 0.29) is 18.7 Å². The smallest absolute Gasteiger partial charge is 0.219 e. The minimum atomic E-state index is -3.59. The summed E-state index contributed by atoms with van der Waals surface area (Å²) in [5.74, 6) is 0.776. The Morgan fingerprint density at radius 2 is 1.86 bits per heavy atom. The third kappa shape index (κ3) is 4.80. The minimum absolute atomic E-state index is 0.116. The molecule has 3 rings (SSSR count). The van der Waals surface area contributed by atoms with E-state index in [1.807, 2.05) is 73.7 Å². The summed E-state index contributed by atoms with van der Waals surface area (Å²) in [5, 5.41) is 0.898. The van der Waals surface area contributed by atoms with Crippen molar-refractivity contribution in [2.45, 2.75) is 24.3 Å². The number of hydrogen-bond donors (Lipinski definition) is 1. The summed E-state index contributed by atoms with van der Waals surface area (Å²) in [6.07, 6.45) is 3.77. The second kappa shape index (κ2) is 8.87. The highest BCUT2D eigenvalue weighted by Gasteiger charge is 2.41. The Balaban J connectivity index is 1.74. The van der Waals surface area contributed by atoms with Crippen molar-refractivity contribution in [3.05, 3.63) is 71.8 Å². The molecule has 0 bridgehead atoms. The number of hydroxylamine groups is 2. The molecule has 1 heterocycles. The number of sulfonamides is 1. The molecule has 0 saturated carbocycles. The molecular weight excluding hydrogens is 376 g/mol. The van der Waals surface area contributed by atoms with Gasteiger partial charge >= 0.3 is 0 Å². The first-order valence-corrected chi connectivity index (χ1v) is 10.7. The van der Waals surface area contributed by atoms with Crippen LogP contribution in [-0.2, 0) is 14.9 Å². The van der Waals surface area contributed by atoms with Gasteiger partial charge in [-0.25, -0.2) is 13.1 Å². The van der Waals surface area contributed by atoms with Gasteiger partial charge in [-0.05, 0) is 30.2 Å². The Hall–Kier alpha value is -2.19. The van der Waals surface area contributed by atoms with E-state index >= 15 is 0 Å². The van der Waals surface area contributed by atoms with E-state index in [0.29, 0.717) is 0 Å². The van der Waals surface area contributed by atoms with Crippen molar-refractivity contribution in [3.63, 3.8) is 0 Å². The first-order chi connectivity index (χ1) is 13.4. The normalized spacial score (nSPS) is 21.8. The number of benzene rings is 2. The number of rotatable bonds is 7. The van der Waals surface area contributed by atoms with Crippen LogP contribution in [0.2, 0.25) is 0 Å². The van der Waals surface area contributed by atoms with Gasteiger partial charge in [-0.3, -0.25) is 4.84 Å². The Morgan fingerprint density at radius 1 is 1.18 bits per heavy atom. The number of ether oxygens (including phenoxy) is 1. The molecule has 2 aromatic carbocycles. The zero-order valence-electron chi connectivity index (χ0n) is 16.3. The van der Waals surface area contributed by atoms with Crippen LogP contribution in [0.4, 0.5) is 0 Å². The summed E-state index contributed by atoms with van der Waals surface area (Å²) >= 11 is 0. The average Bonchev–Trinajstić information content (AvgIpc) is 3.08. The van der Waals surface area contributed by atoms with Gasteiger partial charge in [0.1, 0.15) is 11.0 Å². The fourth-order valence-electron chi connectivity index (χ4n) is 3.20. The lowest BCUT2D eigenvalue weighted by molar-refractivity contribution is -0.100. The van der Waals surface area contributed by atoms with Crippen LogP contribution in [0, 0.1) is 0 Å². The van der Waals surface area contributed by atoms with Crippen molar-refractivity contribution >= 4 is 16.1 Å². The monoisotopic (exact) mass is 402 g/mol. The maximum atomic E-state index is 13.0. The van der Waals surface area contributed by atoms with Crippen molar-refractivity contribution < 1.29 is 18.0 Å². The first kappa shape index (κ1) is 20.5. The number of hydrogen-bond acceptors (Lipinski definition) is 5. The standard InChI is InChI=1S/C21H26N2O4S/c1-16(18-7-5-4-6-8-18)22-28(24,25)21-15-27-23(2)20(21)14-11-17-9-12-19(26-3)13-10-17/h4-14,16,20-22H,15H2,1-3H3/b14-11+. The molecule has 0 amide bonds. The summed E-state index contributed by atoms with van der Waals surface area (Å²) < 4.78 is 34.0. The molecule has 1 aliphatic heterocycles. The van der Waals surface area contributed by atoms with Crippen LogP contribution in [-0.4, -0.2) is 45.5 Å². The Labute approximate surface area is 166 Å². The van der Waals surface area contributed by atoms with E-state index in [2.05, 4.69) is 4.72 Å². The quantitative estimate of drug-likeness (QED) is 0.771. The topological polar surface area (TPSA) is 67.9 Å². The second-order valence-electron chi connectivity index (χ2n) is 6.80. The fraction of sp³-hybridized carbons (Fsp3) is 0.333. The Bertz CT molecular complexity index is 898. The van der Waals surface area contributed by atoms with E-state index < -0.39 is 15.3 Å². The van der Waals surface area contributed by atoms with Gasteiger partial charge in [0, 0.05) is 13.1 Å². The molecule has 0 aromatic heterocycles. The largest absolute Gasteiger partial charge is 0.497 e. The number of nitrogens with one attached hydrogen (secondary N) is 1. The maximum absolute atomic E-state index is 13.0. The van der Waals surface area contributed by atoms with Gasteiger partial charge in [-0.1, -0.05) is 54.6 Å². The number of nitrogens with zero attached hydrogens (tertiary/aromatic N) is 1. The molecule has 2 aromatic rings. The minimum Gasteiger partial charge on any atom is -0.497 e. The summed E-state index contributed by atoms with van der Waals surface area (Å²) in [6.45, 7) is 1.96. The van der Waals surface area contributed by atoms with Gasteiger partial charge in [0.2, 0.25) is 10.0 Å². The van der Waals surface area contributed by atoms with Gasteiger partial charge in [0.15, 0.2) is 0 Å². The van der Waals surface area contributed by atoms with Gasteiger partial charge in [0.25, 0.3) is 0 Å². The van der Waals surface area contributed by atoms with E-state index in [9.17, 15) is 8.42 Å². The lowest BCUT2D eigenvalue weighted by Gasteiger charge is -2.22. The Morgan fingerprint density at radius 3 is 2.50 bits per heavy atom. The van der Waals surface area contributed by atoms with E-state index in [1.165, 1.54) is 0 Å². The van der Waals surface area contributed by atoms with E-state index in [0.717, 1.165) is 16.9 Å². The molecular formula is C21H26N2O4S. The number of methoxy groups -OCH3 is 1. The van der Waals surface area contributed by atoms with Gasteiger partial charge in [-0.2, -0.15) is 5.06 Å². The lowest BCUT2D eigenvalue weighted by Crippen LogP contribution is -2.43. The van der Waals surface area contributed by atoms with Crippen LogP contribution in [0.1, 0.15) is 24.1 Å². The molecule has 7 heteroatoms. The molecule has 1 saturated heterocycles. The van der Waals surface area contributed by atoms with Gasteiger partial charge < -0.3 is 4.74 Å². The molecule has 0 aliphatic carbocycles. The second-order valence-corrected chi connectivity index (χ2v) is 8.73. The molecule has 6 nitrogen and oxygen atoms in total. The highest BCUT2D eigenvalue weighted by Crippen LogP contribution is 2.24. The van der Waals surface area contributed by atoms with Crippen LogP contribution >= 0.6 is 0 Å². The maximum Gasteiger partial charge on any atom is 0.219 e. The van der Waals surface area contributed by atoms with Crippen LogP contribution in [0.15, 0.2) is 60.7 Å². The van der Waals surface area contributed by atoms with Gasteiger partial charge in [-0.15, -0.1) is 0 Å². The van der Waals surface area contributed by atoms with Crippen molar-refractivity contribution in [3.8, 4) is 5.75 Å². The van der Waals surface area contributed by atoms with E-state index in [4.69, 9.17) is 9.57 Å².